The molecule has 4 nitrogen and oxygen atoms in total. The van der Waals surface area contributed by atoms with Crippen molar-refractivity contribution in [3.05, 3.63) is 47.9 Å². The molecule has 0 spiro atoms. The van der Waals surface area contributed by atoms with Crippen LogP contribution in [0.4, 0.5) is 5.69 Å². The molecule has 0 bridgehead atoms. The van der Waals surface area contributed by atoms with Crippen molar-refractivity contribution in [2.24, 2.45) is 0 Å². The van der Waals surface area contributed by atoms with Crippen LogP contribution in [0.1, 0.15) is 11.1 Å². The van der Waals surface area contributed by atoms with Crippen molar-refractivity contribution in [1.82, 2.24) is 14.5 Å². The zero-order valence-electron chi connectivity index (χ0n) is 10.4. The van der Waals surface area contributed by atoms with Gasteiger partial charge in [-0.15, -0.1) is 0 Å². The molecule has 2 heterocycles. The Labute approximate surface area is 105 Å². The quantitative estimate of drug-likeness (QED) is 0.709. The molecule has 0 unspecified atom stereocenters. The zero-order valence-corrected chi connectivity index (χ0v) is 10.4. The number of nitrogen functional groups attached to an aromatic ring is 1. The number of fused-ring (bicyclic) bond motifs is 1. The Hall–Kier alpha value is -2.36. The van der Waals surface area contributed by atoms with Gasteiger partial charge in [0, 0.05) is 0 Å². The summed E-state index contributed by atoms with van der Waals surface area (Å²) in [7, 11) is 0. The van der Waals surface area contributed by atoms with E-state index < -0.39 is 0 Å². The fourth-order valence-corrected chi connectivity index (χ4v) is 1.99. The van der Waals surface area contributed by atoms with E-state index in [4.69, 9.17) is 5.73 Å². The Kier molecular flexibility index (Phi) is 2.30. The number of imidazole rings is 1. The number of rotatable bonds is 1. The average molecular weight is 238 g/mol. The number of anilines is 1. The highest BCUT2D eigenvalue weighted by Crippen LogP contribution is 2.21. The van der Waals surface area contributed by atoms with Crippen LogP contribution in [0.25, 0.3) is 16.9 Å². The molecule has 90 valence electrons. The molecule has 0 aliphatic rings. The first-order chi connectivity index (χ1) is 8.65. The van der Waals surface area contributed by atoms with Crippen molar-refractivity contribution in [1.29, 1.82) is 0 Å². The molecule has 3 rings (SSSR count). The van der Waals surface area contributed by atoms with Crippen LogP contribution in [0.5, 0.6) is 0 Å². The molecule has 0 radical (unpaired) electrons. The van der Waals surface area contributed by atoms with E-state index in [0.29, 0.717) is 5.69 Å². The van der Waals surface area contributed by atoms with Crippen LogP contribution in [0.3, 0.4) is 0 Å². The van der Waals surface area contributed by atoms with Crippen LogP contribution in [0.2, 0.25) is 0 Å². The Balaban J connectivity index is 2.23. The minimum atomic E-state index is 0.662. The summed E-state index contributed by atoms with van der Waals surface area (Å²) >= 11 is 0. The number of aromatic nitrogens is 3. The fraction of sp³-hybridized carbons (Fsp3) is 0.143. The maximum absolute atomic E-state index is 5.65. The molecule has 0 atom stereocenters. The summed E-state index contributed by atoms with van der Waals surface area (Å²) in [6.45, 7) is 4.19. The summed E-state index contributed by atoms with van der Waals surface area (Å²) in [5.74, 6) is 0.829. The number of pyridine rings is 1. The van der Waals surface area contributed by atoms with Gasteiger partial charge in [0.25, 0.3) is 0 Å². The van der Waals surface area contributed by atoms with Crippen molar-refractivity contribution in [2.75, 3.05) is 5.73 Å². The third kappa shape index (κ3) is 1.62. The first kappa shape index (κ1) is 10.8. The van der Waals surface area contributed by atoms with Crippen LogP contribution in [0.15, 0.2) is 36.8 Å². The van der Waals surface area contributed by atoms with Gasteiger partial charge in [-0.25, -0.2) is 9.97 Å². The number of benzene rings is 1. The molecule has 0 amide bonds. The van der Waals surface area contributed by atoms with Crippen LogP contribution in [-0.2, 0) is 0 Å². The smallest absolute Gasteiger partial charge is 0.138 e. The predicted molar refractivity (Wildman–Crippen MR) is 72.8 cm³/mol. The van der Waals surface area contributed by atoms with Crippen molar-refractivity contribution >= 4 is 16.7 Å². The van der Waals surface area contributed by atoms with E-state index in [1.54, 1.807) is 12.5 Å². The van der Waals surface area contributed by atoms with E-state index in [1.807, 2.05) is 16.7 Å². The lowest BCUT2D eigenvalue weighted by molar-refractivity contribution is 1.02. The van der Waals surface area contributed by atoms with Gasteiger partial charge in [-0.3, -0.25) is 4.57 Å². The fourth-order valence-electron chi connectivity index (χ4n) is 1.99. The van der Waals surface area contributed by atoms with Gasteiger partial charge in [-0.2, -0.15) is 0 Å². The van der Waals surface area contributed by atoms with Gasteiger partial charge in [0.2, 0.25) is 0 Å². The predicted octanol–water partition coefficient (Wildman–Crippen LogP) is 2.62. The maximum atomic E-state index is 5.65. The second-order valence-electron chi connectivity index (χ2n) is 4.49. The molecule has 0 fully saturated rings. The van der Waals surface area contributed by atoms with Crippen molar-refractivity contribution < 1.29 is 0 Å². The first-order valence-electron chi connectivity index (χ1n) is 5.81. The maximum Gasteiger partial charge on any atom is 0.138 e. The highest BCUT2D eigenvalue weighted by Gasteiger charge is 2.07. The minimum Gasteiger partial charge on any atom is -0.397 e. The molecule has 3 aromatic rings. The highest BCUT2D eigenvalue weighted by atomic mass is 15.1. The van der Waals surface area contributed by atoms with E-state index >= 15 is 0 Å². The zero-order chi connectivity index (χ0) is 12.7. The highest BCUT2D eigenvalue weighted by molar-refractivity contribution is 5.79. The Morgan fingerprint density at radius 2 is 1.83 bits per heavy atom. The van der Waals surface area contributed by atoms with Crippen molar-refractivity contribution in [3.63, 3.8) is 0 Å². The van der Waals surface area contributed by atoms with Crippen LogP contribution in [-0.4, -0.2) is 14.5 Å². The van der Waals surface area contributed by atoms with E-state index in [0.717, 1.165) is 16.9 Å². The number of hydrogen-bond acceptors (Lipinski definition) is 3. The van der Waals surface area contributed by atoms with Gasteiger partial charge in [0.1, 0.15) is 12.1 Å². The number of aryl methyl sites for hydroxylation is 2. The van der Waals surface area contributed by atoms with E-state index in [9.17, 15) is 0 Å². The lowest BCUT2D eigenvalue weighted by atomic mass is 10.1. The Morgan fingerprint density at radius 1 is 1.06 bits per heavy atom. The Morgan fingerprint density at radius 3 is 2.56 bits per heavy atom. The average Bonchev–Trinajstić information content (AvgIpc) is 2.74. The summed E-state index contributed by atoms with van der Waals surface area (Å²) in [4.78, 5) is 8.73. The van der Waals surface area contributed by atoms with Crippen LogP contribution < -0.4 is 5.73 Å². The first-order valence-corrected chi connectivity index (χ1v) is 5.81. The summed E-state index contributed by atoms with van der Waals surface area (Å²) in [5.41, 5.74) is 10.9. The minimum absolute atomic E-state index is 0.662. The summed E-state index contributed by atoms with van der Waals surface area (Å²) < 4.78 is 1.97. The number of nitrogens with zero attached hydrogens (tertiary/aromatic N) is 3. The molecule has 0 saturated heterocycles. The third-order valence-corrected chi connectivity index (χ3v) is 3.18. The largest absolute Gasteiger partial charge is 0.397 e. The van der Waals surface area contributed by atoms with Gasteiger partial charge in [0.05, 0.1) is 22.9 Å². The molecule has 4 heteroatoms. The van der Waals surface area contributed by atoms with Gasteiger partial charge < -0.3 is 5.73 Å². The molecule has 2 N–H and O–H groups in total. The SMILES string of the molecule is Cc1cc2ncn(-c3ccc(N)cn3)c2cc1C. The van der Waals surface area contributed by atoms with Crippen molar-refractivity contribution in [2.45, 2.75) is 13.8 Å². The second kappa shape index (κ2) is 3.84. The molecule has 0 saturated carbocycles. The van der Waals surface area contributed by atoms with E-state index in [-0.39, 0.29) is 0 Å². The summed E-state index contributed by atoms with van der Waals surface area (Å²) in [6, 6.07) is 7.97. The lowest BCUT2D eigenvalue weighted by Crippen LogP contribution is -1.97. The molecular formula is C14H14N4. The second-order valence-corrected chi connectivity index (χ2v) is 4.49. The van der Waals surface area contributed by atoms with Gasteiger partial charge in [-0.1, -0.05) is 0 Å². The Bertz CT molecular complexity index is 710. The standard InChI is InChI=1S/C14H14N4/c1-9-5-12-13(6-10(9)2)18(8-17-12)14-4-3-11(15)7-16-14/h3-8H,15H2,1-2H3. The molecular weight excluding hydrogens is 224 g/mol. The summed E-state index contributed by atoms with van der Waals surface area (Å²) in [6.07, 6.45) is 3.45. The van der Waals surface area contributed by atoms with Crippen LogP contribution >= 0.6 is 0 Å². The monoisotopic (exact) mass is 238 g/mol. The van der Waals surface area contributed by atoms with Gasteiger partial charge in [0.15, 0.2) is 0 Å². The van der Waals surface area contributed by atoms with E-state index in [2.05, 4.69) is 35.9 Å². The lowest BCUT2D eigenvalue weighted by Gasteiger charge is -2.05. The molecule has 1 aromatic carbocycles. The molecule has 0 aliphatic heterocycles. The topological polar surface area (TPSA) is 56.7 Å². The third-order valence-electron chi connectivity index (χ3n) is 3.18. The molecule has 18 heavy (non-hydrogen) atoms. The molecule has 2 aromatic heterocycles. The summed E-state index contributed by atoms with van der Waals surface area (Å²) in [5, 5.41) is 0. The normalized spacial score (nSPS) is 11.0. The number of hydrogen-bond donors (Lipinski definition) is 1. The molecule has 0 aliphatic carbocycles. The van der Waals surface area contributed by atoms with Crippen LogP contribution in [0, 0.1) is 13.8 Å². The number of nitrogens with two attached hydrogens (primary N) is 1. The van der Waals surface area contributed by atoms with Gasteiger partial charge in [-0.05, 0) is 49.2 Å². The van der Waals surface area contributed by atoms with Gasteiger partial charge >= 0.3 is 0 Å². The van der Waals surface area contributed by atoms with Crippen molar-refractivity contribution in [3.8, 4) is 5.82 Å². The van der Waals surface area contributed by atoms with E-state index in [1.165, 1.54) is 11.1 Å².